The van der Waals surface area contributed by atoms with Crippen molar-refractivity contribution in [3.05, 3.63) is 18.5 Å². The van der Waals surface area contributed by atoms with Crippen molar-refractivity contribution in [1.29, 1.82) is 0 Å². The van der Waals surface area contributed by atoms with Crippen LogP contribution in [0.3, 0.4) is 0 Å². The third-order valence-electron chi connectivity index (χ3n) is 1.94. The van der Waals surface area contributed by atoms with Crippen molar-refractivity contribution in [2.24, 2.45) is 0 Å². The van der Waals surface area contributed by atoms with Gasteiger partial charge in [-0.15, -0.1) is 0 Å². The summed E-state index contributed by atoms with van der Waals surface area (Å²) < 4.78 is 27.1. The molecule has 0 spiro atoms. The van der Waals surface area contributed by atoms with E-state index in [4.69, 9.17) is 15.4 Å². The largest absolute Gasteiger partial charge is 0.494 e. The third-order valence-corrected chi connectivity index (χ3v) is 3.02. The summed E-state index contributed by atoms with van der Waals surface area (Å²) in [6.07, 6.45) is 2.99. The van der Waals surface area contributed by atoms with Crippen molar-refractivity contribution in [3.63, 3.8) is 0 Å². The third kappa shape index (κ3) is 2.37. The van der Waals surface area contributed by atoms with Crippen molar-refractivity contribution >= 4 is 19.7 Å². The highest BCUT2D eigenvalue weighted by Crippen LogP contribution is 2.26. The number of aromatic nitrogens is 4. The number of rotatable bonds is 3. The first kappa shape index (κ1) is 11.8. The maximum Gasteiger partial charge on any atom is 0.296 e. The summed E-state index contributed by atoms with van der Waals surface area (Å²) in [6, 6.07) is 1.60. The Morgan fingerprint density at radius 3 is 2.82 bits per heavy atom. The van der Waals surface area contributed by atoms with Crippen LogP contribution < -0.4 is 4.74 Å². The van der Waals surface area contributed by atoms with E-state index in [9.17, 15) is 8.42 Å². The summed E-state index contributed by atoms with van der Waals surface area (Å²) >= 11 is 0. The number of ether oxygens (including phenoxy) is 1. The fourth-order valence-corrected chi connectivity index (χ4v) is 1.76. The van der Waals surface area contributed by atoms with Gasteiger partial charge in [-0.2, -0.15) is 10.1 Å². The average Bonchev–Trinajstić information content (AvgIpc) is 2.77. The van der Waals surface area contributed by atoms with Gasteiger partial charge in [0.05, 0.1) is 18.9 Å². The Morgan fingerprint density at radius 1 is 1.47 bits per heavy atom. The smallest absolute Gasteiger partial charge is 0.296 e. The van der Waals surface area contributed by atoms with Gasteiger partial charge in [-0.3, -0.25) is 4.98 Å². The van der Waals surface area contributed by atoms with Crippen molar-refractivity contribution in [2.75, 3.05) is 7.11 Å². The van der Waals surface area contributed by atoms with E-state index in [1.54, 1.807) is 6.07 Å². The lowest BCUT2D eigenvalue weighted by Crippen LogP contribution is -1.93. The molecule has 9 heteroatoms. The van der Waals surface area contributed by atoms with Gasteiger partial charge in [-0.1, -0.05) is 0 Å². The maximum absolute atomic E-state index is 11.0. The quantitative estimate of drug-likeness (QED) is 0.832. The van der Waals surface area contributed by atoms with Crippen LogP contribution in [-0.4, -0.2) is 35.7 Å². The molecule has 7 nitrogen and oxygen atoms in total. The zero-order chi connectivity index (χ0) is 12.5. The molecule has 1 N–H and O–H groups in total. The van der Waals surface area contributed by atoms with Crippen LogP contribution >= 0.6 is 10.7 Å². The van der Waals surface area contributed by atoms with E-state index in [0.29, 0.717) is 11.3 Å². The molecule has 0 unspecified atom stereocenters. The normalized spacial score (nSPS) is 11.4. The minimum atomic E-state index is -3.92. The highest BCUT2D eigenvalue weighted by molar-refractivity contribution is 8.13. The number of aromatic amines is 1. The van der Waals surface area contributed by atoms with E-state index in [2.05, 4.69) is 20.2 Å². The lowest BCUT2D eigenvalue weighted by molar-refractivity contribution is 0.414. The van der Waals surface area contributed by atoms with Crippen LogP contribution in [0.15, 0.2) is 23.6 Å². The van der Waals surface area contributed by atoms with Crippen molar-refractivity contribution in [1.82, 2.24) is 20.2 Å². The average molecular weight is 275 g/mol. The fraction of sp³-hybridized carbons (Fsp3) is 0.125. The van der Waals surface area contributed by atoms with Crippen LogP contribution in [0.1, 0.15) is 0 Å². The number of nitrogens with zero attached hydrogens (tertiary/aromatic N) is 3. The molecular weight excluding hydrogens is 268 g/mol. The molecule has 17 heavy (non-hydrogen) atoms. The zero-order valence-corrected chi connectivity index (χ0v) is 10.2. The monoisotopic (exact) mass is 274 g/mol. The molecule has 2 aromatic rings. The molecule has 0 aliphatic carbocycles. The van der Waals surface area contributed by atoms with Crippen LogP contribution in [-0.2, 0) is 9.05 Å². The lowest BCUT2D eigenvalue weighted by Gasteiger charge is -2.02. The van der Waals surface area contributed by atoms with E-state index in [1.165, 1.54) is 19.5 Å². The van der Waals surface area contributed by atoms with Crippen LogP contribution in [0.2, 0.25) is 0 Å². The van der Waals surface area contributed by atoms with Gasteiger partial charge >= 0.3 is 0 Å². The first-order valence-corrected chi connectivity index (χ1v) is 6.68. The van der Waals surface area contributed by atoms with Gasteiger partial charge in [-0.05, 0) is 6.07 Å². The lowest BCUT2D eigenvalue weighted by atomic mass is 10.2. The minimum absolute atomic E-state index is 0.170. The predicted molar refractivity (Wildman–Crippen MR) is 59.2 cm³/mol. The van der Waals surface area contributed by atoms with Gasteiger partial charge in [-0.25, -0.2) is 13.5 Å². The van der Waals surface area contributed by atoms with Crippen LogP contribution in [0, 0.1) is 0 Å². The molecule has 0 saturated carbocycles. The van der Waals surface area contributed by atoms with E-state index in [-0.39, 0.29) is 5.82 Å². The molecule has 0 aromatic carbocycles. The van der Waals surface area contributed by atoms with Gasteiger partial charge in [0.25, 0.3) is 14.2 Å². The Balaban J connectivity index is 2.51. The van der Waals surface area contributed by atoms with Crippen molar-refractivity contribution in [2.45, 2.75) is 5.16 Å². The zero-order valence-electron chi connectivity index (χ0n) is 8.58. The molecule has 0 atom stereocenters. The van der Waals surface area contributed by atoms with Gasteiger partial charge in [0.2, 0.25) is 0 Å². The number of methoxy groups -OCH3 is 1. The Labute approximate surface area is 101 Å². The number of halogens is 1. The fourth-order valence-electron chi connectivity index (χ4n) is 1.20. The molecule has 0 bridgehead atoms. The van der Waals surface area contributed by atoms with Gasteiger partial charge < -0.3 is 4.74 Å². The number of H-pyrrole nitrogens is 1. The standard InChI is InChI=1S/C8H7ClN4O3S/c1-16-6-4-10-3-2-5(6)7-11-8(13-12-7)17(9,14)15/h2-4H,1H3,(H,11,12,13). The van der Waals surface area contributed by atoms with Crippen LogP contribution in [0.5, 0.6) is 5.75 Å². The molecule has 0 aliphatic rings. The summed E-state index contributed by atoms with van der Waals surface area (Å²) in [5.74, 6) is 0.605. The highest BCUT2D eigenvalue weighted by Gasteiger charge is 2.18. The highest BCUT2D eigenvalue weighted by atomic mass is 35.7. The van der Waals surface area contributed by atoms with Gasteiger partial charge in [0.15, 0.2) is 5.82 Å². The molecule has 2 rings (SSSR count). The Hall–Kier alpha value is -1.67. The Bertz CT molecular complexity index is 640. The second-order valence-corrected chi connectivity index (χ2v) is 5.46. The maximum atomic E-state index is 11.0. The van der Waals surface area contributed by atoms with Crippen molar-refractivity contribution < 1.29 is 13.2 Å². The summed E-state index contributed by atoms with van der Waals surface area (Å²) in [5.41, 5.74) is 0.519. The number of hydrogen-bond acceptors (Lipinski definition) is 6. The van der Waals surface area contributed by atoms with Gasteiger partial charge in [0, 0.05) is 16.9 Å². The second-order valence-electron chi connectivity index (χ2n) is 2.98. The van der Waals surface area contributed by atoms with E-state index < -0.39 is 14.2 Å². The van der Waals surface area contributed by atoms with E-state index in [1.807, 2.05) is 0 Å². The number of pyridine rings is 1. The van der Waals surface area contributed by atoms with Gasteiger partial charge in [0.1, 0.15) is 5.75 Å². The first-order valence-electron chi connectivity index (χ1n) is 4.38. The second kappa shape index (κ2) is 4.30. The van der Waals surface area contributed by atoms with Crippen molar-refractivity contribution in [3.8, 4) is 17.1 Å². The Kier molecular flexibility index (Phi) is 2.99. The van der Waals surface area contributed by atoms with Crippen LogP contribution in [0.4, 0.5) is 0 Å². The molecular formula is C8H7ClN4O3S. The minimum Gasteiger partial charge on any atom is -0.494 e. The first-order chi connectivity index (χ1) is 8.02. The molecule has 0 aliphatic heterocycles. The van der Waals surface area contributed by atoms with Crippen LogP contribution in [0.25, 0.3) is 11.4 Å². The number of nitrogens with one attached hydrogen (secondary N) is 1. The summed E-state index contributed by atoms with van der Waals surface area (Å²) in [6.45, 7) is 0. The summed E-state index contributed by atoms with van der Waals surface area (Å²) in [5, 5.41) is 5.58. The molecule has 2 aromatic heterocycles. The molecule has 2 heterocycles. The van der Waals surface area contributed by atoms with E-state index in [0.717, 1.165) is 0 Å². The molecule has 0 amide bonds. The topological polar surface area (TPSA) is 97.8 Å². The molecule has 0 saturated heterocycles. The Morgan fingerprint density at radius 2 is 2.24 bits per heavy atom. The molecule has 0 radical (unpaired) electrons. The molecule has 0 fully saturated rings. The number of hydrogen-bond donors (Lipinski definition) is 1. The molecule has 90 valence electrons. The predicted octanol–water partition coefficient (Wildman–Crippen LogP) is 0.803. The van der Waals surface area contributed by atoms with E-state index >= 15 is 0 Å². The summed E-state index contributed by atoms with van der Waals surface area (Å²) in [4.78, 5) is 7.63. The summed E-state index contributed by atoms with van der Waals surface area (Å²) in [7, 11) is 2.67. The SMILES string of the molecule is COc1cnccc1-c1n[nH]c(S(=O)(=O)Cl)n1.